The van der Waals surface area contributed by atoms with Gasteiger partial charge < -0.3 is 15.4 Å². The Morgan fingerprint density at radius 1 is 1.20 bits per heavy atom. The molecule has 0 aliphatic heterocycles. The lowest BCUT2D eigenvalue weighted by atomic mass is 10.2. The molecule has 7 nitrogen and oxygen atoms in total. The van der Waals surface area contributed by atoms with E-state index in [2.05, 4.69) is 25.7 Å². The van der Waals surface area contributed by atoms with E-state index in [0.29, 0.717) is 19.1 Å². The number of ether oxygens (including phenoxy) is 1. The highest BCUT2D eigenvalue weighted by atomic mass is 35.5. The van der Waals surface area contributed by atoms with Crippen LogP contribution in [0.5, 0.6) is 0 Å². The highest BCUT2D eigenvalue weighted by molar-refractivity contribution is 6.31. The van der Waals surface area contributed by atoms with Gasteiger partial charge in [0.25, 0.3) is 0 Å². The van der Waals surface area contributed by atoms with Gasteiger partial charge in [-0.05, 0) is 18.1 Å². The molecule has 2 heterocycles. The molecular formula is C17H21ClN6O. The van der Waals surface area contributed by atoms with Crippen LogP contribution in [0, 0.1) is 0 Å². The highest BCUT2D eigenvalue weighted by Gasteiger charge is 2.12. The van der Waals surface area contributed by atoms with Crippen molar-refractivity contribution in [3.63, 3.8) is 0 Å². The minimum atomic E-state index is 0.564. The first kappa shape index (κ1) is 17.4. The lowest BCUT2D eigenvalue weighted by Gasteiger charge is -2.11. The van der Waals surface area contributed by atoms with Gasteiger partial charge in [-0.3, -0.25) is 4.68 Å². The van der Waals surface area contributed by atoms with Crippen molar-refractivity contribution in [2.24, 2.45) is 7.05 Å². The van der Waals surface area contributed by atoms with Crippen molar-refractivity contribution in [3.05, 3.63) is 41.0 Å². The second-order valence-corrected chi connectivity index (χ2v) is 6.03. The number of benzene rings is 1. The number of aromatic nitrogens is 4. The van der Waals surface area contributed by atoms with Crippen molar-refractivity contribution in [1.29, 1.82) is 0 Å². The Bertz CT molecular complexity index is 850. The van der Waals surface area contributed by atoms with E-state index in [4.69, 9.17) is 16.3 Å². The smallest absolute Gasteiger partial charge is 0.226 e. The summed E-state index contributed by atoms with van der Waals surface area (Å²) in [6.45, 7) is 2.00. The molecule has 0 amide bonds. The van der Waals surface area contributed by atoms with E-state index in [1.807, 2.05) is 31.3 Å². The van der Waals surface area contributed by atoms with Crippen molar-refractivity contribution in [2.75, 3.05) is 30.9 Å². The van der Waals surface area contributed by atoms with Gasteiger partial charge in [-0.1, -0.05) is 29.8 Å². The van der Waals surface area contributed by atoms with Crippen LogP contribution in [0.15, 0.2) is 30.5 Å². The summed E-state index contributed by atoms with van der Waals surface area (Å²) in [5.41, 5.74) is 1.78. The molecule has 3 aromatic rings. The molecule has 0 fully saturated rings. The van der Waals surface area contributed by atoms with Gasteiger partial charge in [-0.15, -0.1) is 0 Å². The van der Waals surface area contributed by atoms with Gasteiger partial charge in [0.15, 0.2) is 5.65 Å². The molecule has 0 saturated heterocycles. The van der Waals surface area contributed by atoms with Crippen LogP contribution in [0.2, 0.25) is 5.02 Å². The topological polar surface area (TPSA) is 76.9 Å². The van der Waals surface area contributed by atoms with Gasteiger partial charge in [-0.25, -0.2) is 0 Å². The monoisotopic (exact) mass is 360 g/mol. The third-order valence-corrected chi connectivity index (χ3v) is 4.17. The van der Waals surface area contributed by atoms with Gasteiger partial charge in [0, 0.05) is 38.9 Å². The number of nitrogens with zero attached hydrogens (tertiary/aromatic N) is 4. The maximum absolute atomic E-state index is 6.23. The van der Waals surface area contributed by atoms with Crippen LogP contribution in [-0.2, 0) is 18.3 Å². The molecule has 0 aliphatic rings. The number of fused-ring (bicyclic) bond motifs is 1. The van der Waals surface area contributed by atoms with E-state index in [-0.39, 0.29) is 0 Å². The number of rotatable bonds is 8. The Hall–Kier alpha value is -2.38. The molecule has 0 spiro atoms. The number of aryl methyl sites for hydroxylation is 1. The molecule has 0 atom stereocenters. The van der Waals surface area contributed by atoms with Crippen LogP contribution in [0.3, 0.4) is 0 Å². The van der Waals surface area contributed by atoms with Crippen molar-refractivity contribution < 1.29 is 4.74 Å². The molecular weight excluding hydrogens is 340 g/mol. The molecule has 2 N–H and O–H groups in total. The minimum absolute atomic E-state index is 0.564. The maximum atomic E-state index is 6.23. The number of nitrogens with one attached hydrogen (secondary N) is 2. The van der Waals surface area contributed by atoms with Gasteiger partial charge in [0.05, 0.1) is 11.6 Å². The van der Waals surface area contributed by atoms with Crippen LogP contribution < -0.4 is 10.6 Å². The normalized spacial score (nSPS) is 11.0. The van der Waals surface area contributed by atoms with Crippen LogP contribution >= 0.6 is 11.6 Å². The van der Waals surface area contributed by atoms with Gasteiger partial charge in [0.1, 0.15) is 5.82 Å². The molecule has 0 aliphatic carbocycles. The van der Waals surface area contributed by atoms with E-state index < -0.39 is 0 Å². The third-order valence-electron chi connectivity index (χ3n) is 3.80. The van der Waals surface area contributed by atoms with Gasteiger partial charge in [0.2, 0.25) is 5.95 Å². The zero-order valence-corrected chi connectivity index (χ0v) is 15.0. The zero-order chi connectivity index (χ0) is 17.6. The van der Waals surface area contributed by atoms with E-state index in [9.17, 15) is 0 Å². The summed E-state index contributed by atoms with van der Waals surface area (Å²) in [5.74, 6) is 1.29. The summed E-state index contributed by atoms with van der Waals surface area (Å²) in [7, 11) is 3.55. The lowest BCUT2D eigenvalue weighted by molar-refractivity contribution is 0.197. The fourth-order valence-corrected chi connectivity index (χ4v) is 2.68. The van der Waals surface area contributed by atoms with Gasteiger partial charge in [-0.2, -0.15) is 15.1 Å². The number of hydrogen-bond acceptors (Lipinski definition) is 6. The van der Waals surface area contributed by atoms with E-state index in [0.717, 1.165) is 40.4 Å². The molecule has 0 radical (unpaired) electrons. The Morgan fingerprint density at radius 2 is 2.04 bits per heavy atom. The largest absolute Gasteiger partial charge is 0.385 e. The van der Waals surface area contributed by atoms with E-state index >= 15 is 0 Å². The molecule has 0 saturated carbocycles. The summed E-state index contributed by atoms with van der Waals surface area (Å²) in [4.78, 5) is 9.12. The van der Waals surface area contributed by atoms with Gasteiger partial charge >= 0.3 is 0 Å². The zero-order valence-electron chi connectivity index (χ0n) is 14.3. The molecule has 25 heavy (non-hydrogen) atoms. The summed E-state index contributed by atoms with van der Waals surface area (Å²) in [6.07, 6.45) is 2.64. The first-order valence-electron chi connectivity index (χ1n) is 8.09. The predicted molar refractivity (Wildman–Crippen MR) is 100 cm³/mol. The molecule has 2 aromatic heterocycles. The Labute approximate surface area is 151 Å². The number of hydrogen-bond donors (Lipinski definition) is 2. The van der Waals surface area contributed by atoms with Crippen molar-refractivity contribution in [3.8, 4) is 0 Å². The molecule has 132 valence electrons. The summed E-state index contributed by atoms with van der Waals surface area (Å²) >= 11 is 6.23. The summed E-state index contributed by atoms with van der Waals surface area (Å²) in [6, 6.07) is 7.74. The Balaban J connectivity index is 1.81. The third kappa shape index (κ3) is 4.18. The molecule has 8 heteroatoms. The first-order valence-corrected chi connectivity index (χ1v) is 8.46. The van der Waals surface area contributed by atoms with Crippen LogP contribution in [-0.4, -0.2) is 40.0 Å². The summed E-state index contributed by atoms with van der Waals surface area (Å²) in [5, 5.41) is 12.5. The average molecular weight is 361 g/mol. The maximum Gasteiger partial charge on any atom is 0.226 e. The van der Waals surface area contributed by atoms with Crippen molar-refractivity contribution in [2.45, 2.75) is 13.0 Å². The van der Waals surface area contributed by atoms with Crippen molar-refractivity contribution in [1.82, 2.24) is 19.7 Å². The Kier molecular flexibility index (Phi) is 5.67. The number of halogens is 1. The average Bonchev–Trinajstić information content (AvgIpc) is 2.99. The fraction of sp³-hybridized carbons (Fsp3) is 0.353. The van der Waals surface area contributed by atoms with E-state index in [1.165, 1.54) is 0 Å². The first-order chi connectivity index (χ1) is 12.2. The second-order valence-electron chi connectivity index (χ2n) is 5.62. The molecule has 0 unspecified atom stereocenters. The molecule has 0 bridgehead atoms. The standard InChI is InChI=1S/C17H21ClN6O/c1-24-16-13(11-21-24)15(20-10-12-6-3-4-7-14(12)18)22-17(23-16)19-8-5-9-25-2/h3-4,6-7,11H,5,8-10H2,1-2H3,(H2,19,20,22,23). The molecule has 1 aromatic carbocycles. The predicted octanol–water partition coefficient (Wildman–Crippen LogP) is 3.08. The lowest BCUT2D eigenvalue weighted by Crippen LogP contribution is -2.10. The highest BCUT2D eigenvalue weighted by Crippen LogP contribution is 2.23. The Morgan fingerprint density at radius 3 is 2.84 bits per heavy atom. The van der Waals surface area contributed by atoms with Crippen LogP contribution in [0.25, 0.3) is 11.0 Å². The minimum Gasteiger partial charge on any atom is -0.385 e. The number of methoxy groups -OCH3 is 1. The fourth-order valence-electron chi connectivity index (χ4n) is 2.47. The number of anilines is 2. The van der Waals surface area contributed by atoms with Crippen LogP contribution in [0.1, 0.15) is 12.0 Å². The summed E-state index contributed by atoms with van der Waals surface area (Å²) < 4.78 is 6.79. The molecule has 3 rings (SSSR count). The van der Waals surface area contributed by atoms with Crippen LogP contribution in [0.4, 0.5) is 11.8 Å². The SMILES string of the molecule is COCCCNc1nc(NCc2ccccc2Cl)c2cnn(C)c2n1. The van der Waals surface area contributed by atoms with Crippen molar-refractivity contribution >= 4 is 34.4 Å². The van der Waals surface area contributed by atoms with E-state index in [1.54, 1.807) is 18.0 Å². The second kappa shape index (κ2) is 8.13. The quantitative estimate of drug-likeness (QED) is 0.601.